The van der Waals surface area contributed by atoms with Crippen molar-refractivity contribution in [2.45, 2.75) is 52.2 Å². The van der Waals surface area contributed by atoms with Crippen LogP contribution in [-0.2, 0) is 16.0 Å². The highest BCUT2D eigenvalue weighted by molar-refractivity contribution is 5.80. The molecule has 0 radical (unpaired) electrons. The number of nitrogens with one attached hydrogen (secondary N) is 1. The number of guanidine groups is 1. The van der Waals surface area contributed by atoms with E-state index in [1.807, 2.05) is 10.9 Å². The number of likely N-dealkylation sites (tertiary alicyclic amines) is 1. The van der Waals surface area contributed by atoms with Crippen molar-refractivity contribution in [3.05, 3.63) is 18.0 Å². The third-order valence-electron chi connectivity index (χ3n) is 4.49. The molecule has 1 aromatic rings. The lowest BCUT2D eigenvalue weighted by molar-refractivity contribution is 0.00990. The van der Waals surface area contributed by atoms with E-state index in [1.54, 1.807) is 7.11 Å². The van der Waals surface area contributed by atoms with Gasteiger partial charge in [0.05, 0.1) is 12.3 Å². The number of aromatic nitrogens is 2. The Labute approximate surface area is 157 Å². The first-order chi connectivity index (χ1) is 12.7. The molecular formula is C19H35N5O2. The van der Waals surface area contributed by atoms with E-state index < -0.39 is 0 Å². The van der Waals surface area contributed by atoms with E-state index in [0.29, 0.717) is 6.10 Å². The minimum absolute atomic E-state index is 0.369. The van der Waals surface area contributed by atoms with E-state index in [4.69, 9.17) is 14.5 Å². The summed E-state index contributed by atoms with van der Waals surface area (Å²) in [6, 6.07) is 0. The molecule has 0 aliphatic carbocycles. The van der Waals surface area contributed by atoms with Gasteiger partial charge in [0, 0.05) is 59.2 Å². The van der Waals surface area contributed by atoms with Gasteiger partial charge in [-0.05, 0) is 45.1 Å². The molecule has 1 aliphatic heterocycles. The van der Waals surface area contributed by atoms with Crippen molar-refractivity contribution in [3.8, 4) is 0 Å². The fourth-order valence-corrected chi connectivity index (χ4v) is 3.12. The molecule has 148 valence electrons. The highest BCUT2D eigenvalue weighted by Crippen LogP contribution is 2.14. The second-order valence-electron chi connectivity index (χ2n) is 6.77. The molecule has 1 aliphatic rings. The van der Waals surface area contributed by atoms with Crippen LogP contribution < -0.4 is 5.32 Å². The van der Waals surface area contributed by atoms with Crippen LogP contribution in [0, 0.1) is 6.92 Å². The van der Waals surface area contributed by atoms with Gasteiger partial charge in [-0.3, -0.25) is 9.67 Å². The van der Waals surface area contributed by atoms with Gasteiger partial charge >= 0.3 is 0 Å². The molecule has 1 saturated heterocycles. The van der Waals surface area contributed by atoms with Gasteiger partial charge in [0.15, 0.2) is 5.96 Å². The summed E-state index contributed by atoms with van der Waals surface area (Å²) in [6.07, 6.45) is 8.43. The molecule has 7 heteroatoms. The second kappa shape index (κ2) is 11.9. The van der Waals surface area contributed by atoms with Gasteiger partial charge in [0.1, 0.15) is 0 Å². The minimum atomic E-state index is 0.369. The van der Waals surface area contributed by atoms with Crippen LogP contribution in [0.5, 0.6) is 0 Å². The molecule has 1 N–H and O–H groups in total. The smallest absolute Gasteiger partial charge is 0.193 e. The molecule has 0 spiro atoms. The lowest BCUT2D eigenvalue weighted by Gasteiger charge is -2.34. The zero-order chi connectivity index (χ0) is 18.6. The van der Waals surface area contributed by atoms with Gasteiger partial charge in [-0.25, -0.2) is 0 Å². The number of ether oxygens (including phenoxy) is 2. The zero-order valence-electron chi connectivity index (χ0n) is 16.6. The lowest BCUT2D eigenvalue weighted by atomic mass is 10.1. The predicted molar refractivity (Wildman–Crippen MR) is 105 cm³/mol. The van der Waals surface area contributed by atoms with Gasteiger partial charge in [-0.2, -0.15) is 5.10 Å². The van der Waals surface area contributed by atoms with Crippen molar-refractivity contribution >= 4 is 5.96 Å². The minimum Gasteiger partial charge on any atom is -0.385 e. The first-order valence-electron chi connectivity index (χ1n) is 9.85. The summed E-state index contributed by atoms with van der Waals surface area (Å²) in [6.45, 7) is 10.4. The molecule has 0 atom stereocenters. The molecule has 0 bridgehead atoms. The zero-order valence-corrected chi connectivity index (χ0v) is 16.6. The molecule has 0 saturated carbocycles. The number of rotatable bonds is 10. The molecule has 0 unspecified atom stereocenters. The Balaban J connectivity index is 1.71. The largest absolute Gasteiger partial charge is 0.385 e. The number of aliphatic imine (C=N–C) groups is 1. The first-order valence-corrected chi connectivity index (χ1v) is 9.85. The monoisotopic (exact) mass is 365 g/mol. The van der Waals surface area contributed by atoms with Crippen molar-refractivity contribution in [3.63, 3.8) is 0 Å². The van der Waals surface area contributed by atoms with Crippen molar-refractivity contribution in [2.24, 2.45) is 4.99 Å². The maximum atomic E-state index is 5.95. The number of hydrogen-bond donors (Lipinski definition) is 1. The maximum absolute atomic E-state index is 5.95. The van der Waals surface area contributed by atoms with Gasteiger partial charge in [-0.1, -0.05) is 0 Å². The molecule has 2 heterocycles. The van der Waals surface area contributed by atoms with E-state index in [2.05, 4.69) is 35.4 Å². The fourth-order valence-electron chi connectivity index (χ4n) is 3.12. The van der Waals surface area contributed by atoms with Crippen LogP contribution in [0.25, 0.3) is 0 Å². The van der Waals surface area contributed by atoms with Crippen molar-refractivity contribution in [1.82, 2.24) is 20.0 Å². The van der Waals surface area contributed by atoms with Crippen LogP contribution in [-0.4, -0.2) is 73.2 Å². The van der Waals surface area contributed by atoms with Crippen molar-refractivity contribution in [2.75, 3.05) is 46.5 Å². The number of aryl methyl sites for hydroxylation is 2. The first kappa shape index (κ1) is 20.7. The number of nitrogens with zero attached hydrogens (tertiary/aromatic N) is 4. The summed E-state index contributed by atoms with van der Waals surface area (Å²) in [4.78, 5) is 7.16. The fraction of sp³-hybridized carbons (Fsp3) is 0.789. The number of piperidine rings is 1. The Morgan fingerprint density at radius 1 is 1.31 bits per heavy atom. The molecule has 0 amide bonds. The highest BCUT2D eigenvalue weighted by atomic mass is 16.5. The normalized spacial score (nSPS) is 16.3. The molecule has 26 heavy (non-hydrogen) atoms. The van der Waals surface area contributed by atoms with Crippen LogP contribution in [0.1, 0.15) is 38.2 Å². The van der Waals surface area contributed by atoms with E-state index in [0.717, 1.165) is 77.6 Å². The Kier molecular flexibility index (Phi) is 9.48. The highest BCUT2D eigenvalue weighted by Gasteiger charge is 2.21. The Hall–Kier alpha value is -1.60. The summed E-state index contributed by atoms with van der Waals surface area (Å²) >= 11 is 0. The summed E-state index contributed by atoms with van der Waals surface area (Å²) in [5, 5.41) is 7.75. The average molecular weight is 366 g/mol. The van der Waals surface area contributed by atoms with E-state index in [1.165, 1.54) is 5.56 Å². The van der Waals surface area contributed by atoms with E-state index >= 15 is 0 Å². The van der Waals surface area contributed by atoms with E-state index in [9.17, 15) is 0 Å². The molecule has 2 rings (SSSR count). The summed E-state index contributed by atoms with van der Waals surface area (Å²) < 4.78 is 13.0. The molecule has 0 aromatic carbocycles. The van der Waals surface area contributed by atoms with E-state index in [-0.39, 0.29) is 0 Å². The summed E-state index contributed by atoms with van der Waals surface area (Å²) in [5.74, 6) is 1.03. The van der Waals surface area contributed by atoms with Crippen molar-refractivity contribution in [1.29, 1.82) is 0 Å². The number of methoxy groups -OCH3 is 1. The SMILES string of the molecule is CCNC(=NCCCn1cc(C)cn1)N1CCC(OCCCOC)CC1. The third-order valence-corrected chi connectivity index (χ3v) is 4.49. The topological polar surface area (TPSA) is 63.9 Å². The average Bonchev–Trinajstić information content (AvgIpc) is 3.07. The molecule has 1 fully saturated rings. The molecule has 1 aromatic heterocycles. The summed E-state index contributed by atoms with van der Waals surface area (Å²) in [5.41, 5.74) is 1.20. The van der Waals surface area contributed by atoms with Crippen molar-refractivity contribution < 1.29 is 9.47 Å². The van der Waals surface area contributed by atoms with Crippen LogP contribution in [0.4, 0.5) is 0 Å². The Bertz CT molecular complexity index is 524. The lowest BCUT2D eigenvalue weighted by Crippen LogP contribution is -2.47. The Morgan fingerprint density at radius 3 is 2.77 bits per heavy atom. The van der Waals surface area contributed by atoms with Gasteiger partial charge < -0.3 is 19.7 Å². The summed E-state index contributed by atoms with van der Waals surface area (Å²) in [7, 11) is 1.73. The maximum Gasteiger partial charge on any atom is 0.193 e. The van der Waals surface area contributed by atoms with Crippen LogP contribution in [0.2, 0.25) is 0 Å². The molecule has 7 nitrogen and oxygen atoms in total. The van der Waals surface area contributed by atoms with Crippen LogP contribution in [0.3, 0.4) is 0 Å². The standard InChI is InChI=1S/C19H35N5O2/c1-4-20-19(21-9-5-10-24-16-17(2)15-22-24)23-11-7-18(8-12-23)26-14-6-13-25-3/h15-16,18H,4-14H2,1-3H3,(H,20,21). The predicted octanol–water partition coefficient (Wildman–Crippen LogP) is 2.06. The van der Waals surface area contributed by atoms with Crippen LogP contribution >= 0.6 is 0 Å². The third kappa shape index (κ3) is 7.33. The van der Waals surface area contributed by atoms with Gasteiger partial charge in [0.25, 0.3) is 0 Å². The Morgan fingerprint density at radius 2 is 2.12 bits per heavy atom. The van der Waals surface area contributed by atoms with Gasteiger partial charge in [0.2, 0.25) is 0 Å². The number of hydrogen-bond acceptors (Lipinski definition) is 4. The quantitative estimate of drug-likeness (QED) is 0.391. The van der Waals surface area contributed by atoms with Crippen LogP contribution in [0.15, 0.2) is 17.4 Å². The second-order valence-corrected chi connectivity index (χ2v) is 6.77. The van der Waals surface area contributed by atoms with Gasteiger partial charge in [-0.15, -0.1) is 0 Å². The molecular weight excluding hydrogens is 330 g/mol.